The van der Waals surface area contributed by atoms with Crippen LogP contribution < -0.4 is 5.73 Å². The van der Waals surface area contributed by atoms with Crippen LogP contribution in [0, 0.1) is 11.3 Å². The Kier molecular flexibility index (Phi) is 6.60. The van der Waals surface area contributed by atoms with Gasteiger partial charge >= 0.3 is 5.97 Å². The third kappa shape index (κ3) is 4.30. The van der Waals surface area contributed by atoms with E-state index in [1.54, 1.807) is 13.8 Å². The van der Waals surface area contributed by atoms with Gasteiger partial charge in [-0.3, -0.25) is 4.90 Å². The number of rotatable bonds is 5. The molecule has 0 saturated carbocycles. The van der Waals surface area contributed by atoms with E-state index in [1.807, 2.05) is 18.2 Å². The van der Waals surface area contributed by atoms with Crippen molar-refractivity contribution in [3.05, 3.63) is 58.2 Å². The van der Waals surface area contributed by atoms with Crippen molar-refractivity contribution in [2.24, 2.45) is 5.73 Å². The molecule has 2 atom stereocenters. The molecule has 1 aromatic rings. The number of ether oxygens (including phenoxy) is 2. The SMILES string of the molecule is CCOC(=O)C1=C(C)OC(N)=C(C#N)C1c1ccccc1CN1CCCCC1C. The Morgan fingerprint density at radius 1 is 1.38 bits per heavy atom. The number of nitriles is 1. The van der Waals surface area contributed by atoms with Gasteiger partial charge in [-0.05, 0) is 51.3 Å². The Morgan fingerprint density at radius 2 is 2.14 bits per heavy atom. The lowest BCUT2D eigenvalue weighted by Crippen LogP contribution is -2.37. The van der Waals surface area contributed by atoms with Gasteiger partial charge in [-0.1, -0.05) is 30.7 Å². The summed E-state index contributed by atoms with van der Waals surface area (Å²) in [6.45, 7) is 7.76. The van der Waals surface area contributed by atoms with E-state index < -0.39 is 11.9 Å². The minimum atomic E-state index is -0.593. The van der Waals surface area contributed by atoms with Gasteiger partial charge in [0.15, 0.2) is 0 Å². The molecule has 0 aliphatic carbocycles. The first-order chi connectivity index (χ1) is 14.0. The van der Waals surface area contributed by atoms with E-state index in [9.17, 15) is 10.1 Å². The molecule has 3 rings (SSSR count). The molecule has 0 radical (unpaired) electrons. The molecule has 0 aromatic heterocycles. The Labute approximate surface area is 172 Å². The van der Waals surface area contributed by atoms with Crippen LogP contribution in [0.1, 0.15) is 57.1 Å². The van der Waals surface area contributed by atoms with Crippen LogP contribution >= 0.6 is 0 Å². The molecule has 2 aliphatic heterocycles. The molecular weight excluding hydrogens is 366 g/mol. The molecular formula is C23H29N3O3. The van der Waals surface area contributed by atoms with Crippen LogP contribution in [0.4, 0.5) is 0 Å². The standard InChI is InChI=1S/C23H29N3O3/c1-4-28-23(27)20-16(3)29-22(25)19(13-24)21(20)18-11-6-5-10-17(18)14-26-12-8-7-9-15(26)2/h5-6,10-11,15,21H,4,7-9,12,14,25H2,1-3H3. The van der Waals surface area contributed by atoms with E-state index in [0.29, 0.717) is 17.4 Å². The van der Waals surface area contributed by atoms with Crippen molar-refractivity contribution in [1.29, 1.82) is 5.26 Å². The minimum absolute atomic E-state index is 0.0455. The van der Waals surface area contributed by atoms with Crippen molar-refractivity contribution in [3.63, 3.8) is 0 Å². The first-order valence-corrected chi connectivity index (χ1v) is 10.2. The highest BCUT2D eigenvalue weighted by Crippen LogP contribution is 2.41. The smallest absolute Gasteiger partial charge is 0.338 e. The summed E-state index contributed by atoms with van der Waals surface area (Å²) >= 11 is 0. The lowest BCUT2D eigenvalue weighted by molar-refractivity contribution is -0.139. The number of nitrogens with zero attached hydrogens (tertiary/aromatic N) is 2. The summed E-state index contributed by atoms with van der Waals surface area (Å²) in [5.74, 6) is -0.643. The minimum Gasteiger partial charge on any atom is -0.463 e. The van der Waals surface area contributed by atoms with Gasteiger partial charge in [0.1, 0.15) is 17.4 Å². The molecule has 6 nitrogen and oxygen atoms in total. The van der Waals surface area contributed by atoms with Gasteiger partial charge in [0.05, 0.1) is 18.1 Å². The number of esters is 1. The van der Waals surface area contributed by atoms with Gasteiger partial charge < -0.3 is 15.2 Å². The fraction of sp³-hybridized carbons (Fsp3) is 0.478. The molecule has 1 aromatic carbocycles. The maximum atomic E-state index is 12.8. The summed E-state index contributed by atoms with van der Waals surface area (Å²) in [6.07, 6.45) is 3.63. The normalized spacial score (nSPS) is 22.8. The van der Waals surface area contributed by atoms with Crippen LogP contribution in [0.2, 0.25) is 0 Å². The number of carbonyl (C=O) groups is 1. The molecule has 2 aliphatic rings. The van der Waals surface area contributed by atoms with E-state index in [2.05, 4.69) is 24.0 Å². The van der Waals surface area contributed by atoms with Gasteiger partial charge in [0.2, 0.25) is 5.88 Å². The summed E-state index contributed by atoms with van der Waals surface area (Å²) in [5, 5.41) is 9.81. The molecule has 1 fully saturated rings. The summed E-state index contributed by atoms with van der Waals surface area (Å²) in [6, 6.07) is 10.6. The number of carbonyl (C=O) groups excluding carboxylic acids is 1. The second kappa shape index (κ2) is 9.15. The number of likely N-dealkylation sites (tertiary alicyclic amines) is 1. The summed E-state index contributed by atoms with van der Waals surface area (Å²) < 4.78 is 10.8. The summed E-state index contributed by atoms with van der Waals surface area (Å²) in [4.78, 5) is 15.2. The second-order valence-electron chi connectivity index (χ2n) is 7.63. The Balaban J connectivity index is 2.07. The molecule has 6 heteroatoms. The van der Waals surface area contributed by atoms with Gasteiger partial charge in [-0.2, -0.15) is 5.26 Å². The van der Waals surface area contributed by atoms with Gasteiger partial charge in [-0.15, -0.1) is 0 Å². The molecule has 154 valence electrons. The lowest BCUT2D eigenvalue weighted by atomic mass is 9.80. The van der Waals surface area contributed by atoms with Crippen molar-refractivity contribution in [1.82, 2.24) is 4.90 Å². The third-order valence-corrected chi connectivity index (χ3v) is 5.78. The molecule has 29 heavy (non-hydrogen) atoms. The number of nitrogens with two attached hydrogens (primary N) is 1. The lowest BCUT2D eigenvalue weighted by Gasteiger charge is -2.35. The molecule has 2 heterocycles. The van der Waals surface area contributed by atoms with E-state index in [-0.39, 0.29) is 18.1 Å². The summed E-state index contributed by atoms with van der Waals surface area (Å²) in [7, 11) is 0. The monoisotopic (exact) mass is 395 g/mol. The van der Waals surface area contributed by atoms with Crippen molar-refractivity contribution >= 4 is 5.97 Å². The van der Waals surface area contributed by atoms with E-state index >= 15 is 0 Å². The summed E-state index contributed by atoms with van der Waals surface area (Å²) in [5.41, 5.74) is 8.62. The molecule has 2 unspecified atom stereocenters. The molecule has 2 N–H and O–H groups in total. The van der Waals surface area contributed by atoms with Crippen LogP contribution in [0.15, 0.2) is 47.1 Å². The van der Waals surface area contributed by atoms with Gasteiger partial charge in [0, 0.05) is 12.6 Å². The fourth-order valence-electron chi connectivity index (χ4n) is 4.24. The van der Waals surface area contributed by atoms with Crippen molar-refractivity contribution in [2.75, 3.05) is 13.2 Å². The van der Waals surface area contributed by atoms with Crippen LogP contribution in [0.3, 0.4) is 0 Å². The Bertz CT molecular complexity index is 882. The highest BCUT2D eigenvalue weighted by atomic mass is 16.5. The number of hydrogen-bond donors (Lipinski definition) is 1. The quantitative estimate of drug-likeness (QED) is 0.765. The van der Waals surface area contributed by atoms with Crippen molar-refractivity contribution in [2.45, 2.75) is 58.5 Å². The van der Waals surface area contributed by atoms with Crippen molar-refractivity contribution < 1.29 is 14.3 Å². The van der Waals surface area contributed by atoms with Crippen LogP contribution in [0.25, 0.3) is 0 Å². The van der Waals surface area contributed by atoms with Gasteiger partial charge in [0.25, 0.3) is 0 Å². The van der Waals surface area contributed by atoms with E-state index in [1.165, 1.54) is 19.3 Å². The predicted octanol–water partition coefficient (Wildman–Crippen LogP) is 3.71. The topological polar surface area (TPSA) is 88.6 Å². The number of allylic oxidation sites excluding steroid dienone is 2. The second-order valence-corrected chi connectivity index (χ2v) is 7.63. The van der Waals surface area contributed by atoms with Gasteiger partial charge in [-0.25, -0.2) is 4.79 Å². The van der Waals surface area contributed by atoms with Crippen molar-refractivity contribution in [3.8, 4) is 6.07 Å². The molecule has 0 bridgehead atoms. The van der Waals surface area contributed by atoms with E-state index in [4.69, 9.17) is 15.2 Å². The number of benzene rings is 1. The molecule has 0 spiro atoms. The van der Waals surface area contributed by atoms with Crippen LogP contribution in [-0.2, 0) is 20.8 Å². The number of piperidine rings is 1. The highest BCUT2D eigenvalue weighted by Gasteiger charge is 2.37. The molecule has 1 saturated heterocycles. The number of hydrogen-bond acceptors (Lipinski definition) is 6. The van der Waals surface area contributed by atoms with Crippen LogP contribution in [-0.4, -0.2) is 30.1 Å². The largest absolute Gasteiger partial charge is 0.463 e. The van der Waals surface area contributed by atoms with E-state index in [0.717, 1.165) is 24.2 Å². The predicted molar refractivity (Wildman–Crippen MR) is 110 cm³/mol. The average Bonchev–Trinajstić information content (AvgIpc) is 2.70. The highest BCUT2D eigenvalue weighted by molar-refractivity contribution is 5.92. The third-order valence-electron chi connectivity index (χ3n) is 5.78. The average molecular weight is 396 g/mol. The zero-order chi connectivity index (χ0) is 21.0. The zero-order valence-electron chi connectivity index (χ0n) is 17.4. The first kappa shape index (κ1) is 20.9. The first-order valence-electron chi connectivity index (χ1n) is 10.2. The maximum Gasteiger partial charge on any atom is 0.338 e. The fourth-order valence-corrected chi connectivity index (χ4v) is 4.24. The Morgan fingerprint density at radius 3 is 2.83 bits per heavy atom. The Hall–Kier alpha value is -2.78. The molecule has 0 amide bonds. The van der Waals surface area contributed by atoms with Crippen LogP contribution in [0.5, 0.6) is 0 Å². The zero-order valence-corrected chi connectivity index (χ0v) is 17.4. The maximum absolute atomic E-state index is 12.8.